The summed E-state index contributed by atoms with van der Waals surface area (Å²) in [6.07, 6.45) is 3.50. The smallest absolute Gasteiger partial charge is 0.328 e. The van der Waals surface area contributed by atoms with E-state index in [1.165, 1.54) is 0 Å². The molecular weight excluding hydrogens is 295 g/mol. The molecule has 1 heterocycles. The zero-order valence-electron chi connectivity index (χ0n) is 8.45. The molecule has 5 heteroatoms. The molecule has 0 spiro atoms. The van der Waals surface area contributed by atoms with E-state index in [0.29, 0.717) is 0 Å². The average molecular weight is 308 g/mol. The van der Waals surface area contributed by atoms with Crippen LogP contribution in [0.4, 0.5) is 0 Å². The number of nitrogens with zero attached hydrogens (tertiary/aromatic N) is 2. The Balaban J connectivity index is 2.50. The van der Waals surface area contributed by atoms with E-state index in [-0.39, 0.29) is 12.5 Å². The number of rotatable bonds is 2. The van der Waals surface area contributed by atoms with Crippen LogP contribution >= 0.6 is 22.6 Å². The normalized spacial score (nSPS) is 11.4. The van der Waals surface area contributed by atoms with Crippen LogP contribution in [0.1, 0.15) is 20.8 Å². The van der Waals surface area contributed by atoms with Gasteiger partial charge in [0.2, 0.25) is 0 Å². The summed E-state index contributed by atoms with van der Waals surface area (Å²) in [4.78, 5) is 11.4. The predicted octanol–water partition coefficient (Wildman–Crippen LogP) is 1.83. The van der Waals surface area contributed by atoms with E-state index in [1.807, 2.05) is 20.8 Å². The molecule has 1 aromatic heterocycles. The Bertz CT molecular complexity index is 328. The molecular formula is C9H13IN2O2. The van der Waals surface area contributed by atoms with Gasteiger partial charge in [-0.25, -0.2) is 0 Å². The number of carbonyl (C=O) groups is 1. The van der Waals surface area contributed by atoms with Crippen molar-refractivity contribution in [3.8, 4) is 0 Å². The van der Waals surface area contributed by atoms with Gasteiger partial charge >= 0.3 is 5.97 Å². The molecule has 0 saturated heterocycles. The summed E-state index contributed by atoms with van der Waals surface area (Å²) in [5.74, 6) is -0.267. The topological polar surface area (TPSA) is 44.1 Å². The average Bonchev–Trinajstić information content (AvgIpc) is 2.30. The van der Waals surface area contributed by atoms with Gasteiger partial charge in [0.05, 0.1) is 9.77 Å². The van der Waals surface area contributed by atoms with Crippen molar-refractivity contribution >= 4 is 28.6 Å². The monoisotopic (exact) mass is 308 g/mol. The SMILES string of the molecule is CC(C)(C)OC(=O)Cn1cc(I)cn1. The van der Waals surface area contributed by atoms with Gasteiger partial charge in [-0.15, -0.1) is 0 Å². The van der Waals surface area contributed by atoms with Gasteiger partial charge in [0, 0.05) is 6.20 Å². The van der Waals surface area contributed by atoms with E-state index in [1.54, 1.807) is 17.1 Å². The maximum absolute atomic E-state index is 11.4. The summed E-state index contributed by atoms with van der Waals surface area (Å²) in [5, 5.41) is 3.99. The second kappa shape index (κ2) is 4.29. The molecule has 0 aliphatic rings. The van der Waals surface area contributed by atoms with Crippen molar-refractivity contribution in [1.29, 1.82) is 0 Å². The molecule has 0 N–H and O–H groups in total. The predicted molar refractivity (Wildman–Crippen MR) is 60.8 cm³/mol. The van der Waals surface area contributed by atoms with Crippen LogP contribution in [0.15, 0.2) is 12.4 Å². The van der Waals surface area contributed by atoms with Crippen LogP contribution in [0.5, 0.6) is 0 Å². The Morgan fingerprint density at radius 2 is 2.29 bits per heavy atom. The Labute approximate surface area is 96.8 Å². The molecule has 0 atom stereocenters. The maximum Gasteiger partial charge on any atom is 0.328 e. The maximum atomic E-state index is 11.4. The number of aromatic nitrogens is 2. The second-order valence-electron chi connectivity index (χ2n) is 3.94. The van der Waals surface area contributed by atoms with Crippen LogP contribution in [0, 0.1) is 3.57 Å². The lowest BCUT2D eigenvalue weighted by Gasteiger charge is -2.19. The van der Waals surface area contributed by atoms with Crippen molar-refractivity contribution in [3.63, 3.8) is 0 Å². The van der Waals surface area contributed by atoms with Crippen molar-refractivity contribution in [3.05, 3.63) is 16.0 Å². The summed E-state index contributed by atoms with van der Waals surface area (Å²) in [5.41, 5.74) is -0.433. The van der Waals surface area contributed by atoms with E-state index >= 15 is 0 Å². The summed E-state index contributed by atoms with van der Waals surface area (Å²) < 4.78 is 7.72. The van der Waals surface area contributed by atoms with E-state index in [4.69, 9.17) is 4.74 Å². The minimum atomic E-state index is -0.433. The molecule has 0 radical (unpaired) electrons. The third-order valence-corrected chi connectivity index (χ3v) is 1.87. The largest absolute Gasteiger partial charge is 0.459 e. The Hall–Kier alpha value is -0.590. The third-order valence-electron chi connectivity index (χ3n) is 1.31. The highest BCUT2D eigenvalue weighted by Gasteiger charge is 2.16. The number of ether oxygens (including phenoxy) is 1. The Kier molecular flexibility index (Phi) is 3.52. The molecule has 14 heavy (non-hydrogen) atoms. The van der Waals surface area contributed by atoms with E-state index in [9.17, 15) is 4.79 Å². The molecule has 4 nitrogen and oxygen atoms in total. The van der Waals surface area contributed by atoms with Crippen LogP contribution in [-0.4, -0.2) is 21.4 Å². The van der Waals surface area contributed by atoms with Crippen LogP contribution in [0.25, 0.3) is 0 Å². The van der Waals surface area contributed by atoms with Crippen molar-refractivity contribution in [2.75, 3.05) is 0 Å². The molecule has 0 unspecified atom stereocenters. The minimum absolute atomic E-state index is 0.167. The molecule has 0 aliphatic carbocycles. The van der Waals surface area contributed by atoms with Crippen molar-refractivity contribution < 1.29 is 9.53 Å². The summed E-state index contributed by atoms with van der Waals surface area (Å²) >= 11 is 2.14. The zero-order chi connectivity index (χ0) is 10.8. The first-order chi connectivity index (χ1) is 6.37. The van der Waals surface area contributed by atoms with Crippen molar-refractivity contribution in [2.45, 2.75) is 32.9 Å². The second-order valence-corrected chi connectivity index (χ2v) is 5.19. The fourth-order valence-corrected chi connectivity index (χ4v) is 1.38. The highest BCUT2D eigenvalue weighted by Crippen LogP contribution is 2.08. The summed E-state index contributed by atoms with van der Waals surface area (Å²) in [6.45, 7) is 5.70. The molecule has 0 fully saturated rings. The van der Waals surface area contributed by atoms with Crippen LogP contribution < -0.4 is 0 Å². The molecule has 0 amide bonds. The van der Waals surface area contributed by atoms with Crippen LogP contribution in [0.2, 0.25) is 0 Å². The first-order valence-electron chi connectivity index (χ1n) is 4.26. The lowest BCUT2D eigenvalue weighted by atomic mass is 10.2. The number of carbonyl (C=O) groups excluding carboxylic acids is 1. The molecule has 1 aromatic rings. The molecule has 0 aromatic carbocycles. The molecule has 0 saturated carbocycles. The number of hydrogen-bond acceptors (Lipinski definition) is 3. The van der Waals surface area contributed by atoms with Crippen molar-refractivity contribution in [2.24, 2.45) is 0 Å². The fraction of sp³-hybridized carbons (Fsp3) is 0.556. The van der Waals surface area contributed by atoms with Gasteiger partial charge in [-0.3, -0.25) is 9.48 Å². The number of halogens is 1. The Morgan fingerprint density at radius 3 is 2.71 bits per heavy atom. The lowest BCUT2D eigenvalue weighted by Crippen LogP contribution is -2.26. The highest BCUT2D eigenvalue weighted by atomic mass is 127. The first kappa shape index (κ1) is 11.5. The molecule has 0 bridgehead atoms. The van der Waals surface area contributed by atoms with E-state index < -0.39 is 5.60 Å². The van der Waals surface area contributed by atoms with E-state index in [2.05, 4.69) is 27.7 Å². The van der Waals surface area contributed by atoms with Crippen LogP contribution in [0.3, 0.4) is 0 Å². The molecule has 78 valence electrons. The van der Waals surface area contributed by atoms with Crippen LogP contribution in [-0.2, 0) is 16.1 Å². The van der Waals surface area contributed by atoms with E-state index in [0.717, 1.165) is 3.57 Å². The van der Waals surface area contributed by atoms with Gasteiger partial charge in [-0.2, -0.15) is 5.10 Å². The first-order valence-corrected chi connectivity index (χ1v) is 5.34. The quantitative estimate of drug-likeness (QED) is 0.618. The Morgan fingerprint density at radius 1 is 1.64 bits per heavy atom. The lowest BCUT2D eigenvalue weighted by molar-refractivity contribution is -0.155. The standard InChI is InChI=1S/C9H13IN2O2/c1-9(2,3)14-8(13)6-12-5-7(10)4-11-12/h4-5H,6H2,1-3H3. The van der Waals surface area contributed by atoms with Gasteiger partial charge in [-0.1, -0.05) is 0 Å². The zero-order valence-corrected chi connectivity index (χ0v) is 10.6. The minimum Gasteiger partial charge on any atom is -0.459 e. The van der Waals surface area contributed by atoms with Gasteiger partial charge < -0.3 is 4.74 Å². The molecule has 1 rings (SSSR count). The summed E-state index contributed by atoms with van der Waals surface area (Å²) in [6, 6.07) is 0. The number of esters is 1. The molecule has 0 aliphatic heterocycles. The summed E-state index contributed by atoms with van der Waals surface area (Å²) in [7, 11) is 0. The third kappa shape index (κ3) is 4.08. The van der Waals surface area contributed by atoms with Gasteiger partial charge in [0.1, 0.15) is 12.1 Å². The number of hydrogen-bond donors (Lipinski definition) is 0. The van der Waals surface area contributed by atoms with Gasteiger partial charge in [-0.05, 0) is 43.4 Å². The van der Waals surface area contributed by atoms with Crippen molar-refractivity contribution in [1.82, 2.24) is 9.78 Å². The fourth-order valence-electron chi connectivity index (χ4n) is 0.931. The highest BCUT2D eigenvalue weighted by molar-refractivity contribution is 14.1. The van der Waals surface area contributed by atoms with Gasteiger partial charge in [0.15, 0.2) is 0 Å². The van der Waals surface area contributed by atoms with Gasteiger partial charge in [0.25, 0.3) is 0 Å².